The van der Waals surface area contributed by atoms with Gasteiger partial charge in [-0.2, -0.15) is 10.2 Å². The fourth-order valence-corrected chi connectivity index (χ4v) is 2.66. The summed E-state index contributed by atoms with van der Waals surface area (Å²) in [6.45, 7) is 1.73. The summed E-state index contributed by atoms with van der Waals surface area (Å²) in [5, 5.41) is 8.56. The van der Waals surface area contributed by atoms with Gasteiger partial charge in [-0.05, 0) is 48.5 Å². The predicted octanol–water partition coefficient (Wildman–Crippen LogP) is 5.33. The highest BCUT2D eigenvalue weighted by Gasteiger charge is 2.01. The predicted molar refractivity (Wildman–Crippen MR) is 105 cm³/mol. The molecule has 2 aliphatic heterocycles. The summed E-state index contributed by atoms with van der Waals surface area (Å²) in [7, 11) is 0. The largest absolute Gasteiger partial charge is 0.490 e. The molecule has 0 spiro atoms. The van der Waals surface area contributed by atoms with Crippen LogP contribution >= 0.6 is 0 Å². The topological polar surface area (TPSA) is 61.6 Å². The van der Waals surface area contributed by atoms with Crippen LogP contribution in [0.3, 0.4) is 0 Å². The molecule has 142 valence electrons. The van der Waals surface area contributed by atoms with Gasteiger partial charge in [0.1, 0.15) is 49.4 Å². The Kier molecular flexibility index (Phi) is 5.68. The monoisotopic (exact) mass is 376 g/mol. The van der Waals surface area contributed by atoms with Crippen LogP contribution < -0.4 is 18.9 Å². The molecular formula is C22H20N2O4. The van der Waals surface area contributed by atoms with Crippen LogP contribution in [0.1, 0.15) is 0 Å². The molecule has 0 aromatic heterocycles. The molecule has 0 unspecified atom stereocenters. The fraction of sp³-hybridized carbons (Fsp3) is 0.182. The van der Waals surface area contributed by atoms with Crippen LogP contribution in [-0.2, 0) is 0 Å². The summed E-state index contributed by atoms with van der Waals surface area (Å²) < 4.78 is 22.9. The van der Waals surface area contributed by atoms with Crippen LogP contribution in [0.5, 0.6) is 23.0 Å². The first-order valence-electron chi connectivity index (χ1n) is 9.08. The first-order chi connectivity index (χ1) is 13.8. The third-order valence-corrected chi connectivity index (χ3v) is 3.98. The van der Waals surface area contributed by atoms with Gasteiger partial charge < -0.3 is 18.9 Å². The second kappa shape index (κ2) is 8.90. The molecule has 0 amide bonds. The summed E-state index contributed by atoms with van der Waals surface area (Å²) in [6.07, 6.45) is 0. The Hall–Kier alpha value is -3.54. The molecule has 0 fully saturated rings. The zero-order chi connectivity index (χ0) is 19.0. The molecule has 5 rings (SSSR count). The van der Waals surface area contributed by atoms with Crippen molar-refractivity contribution in [2.24, 2.45) is 10.2 Å². The van der Waals surface area contributed by atoms with E-state index < -0.39 is 0 Å². The van der Waals surface area contributed by atoms with Crippen molar-refractivity contribution in [3.63, 3.8) is 0 Å². The second-order valence-electron chi connectivity index (χ2n) is 6.06. The summed E-state index contributed by atoms with van der Waals surface area (Å²) >= 11 is 0. The summed E-state index contributed by atoms with van der Waals surface area (Å²) in [4.78, 5) is 0. The van der Waals surface area contributed by atoms with E-state index >= 15 is 0 Å². The van der Waals surface area contributed by atoms with Crippen molar-refractivity contribution < 1.29 is 18.9 Å². The zero-order valence-electron chi connectivity index (χ0n) is 15.3. The average Bonchev–Trinajstić information content (AvgIpc) is 2.74. The molecule has 0 radical (unpaired) electrons. The summed E-state index contributed by atoms with van der Waals surface area (Å²) in [6, 6.07) is 22.5. The average molecular weight is 376 g/mol. The molecule has 0 saturated heterocycles. The van der Waals surface area contributed by atoms with Gasteiger partial charge in [0.2, 0.25) is 0 Å². The molecule has 6 nitrogen and oxygen atoms in total. The van der Waals surface area contributed by atoms with Gasteiger partial charge in [-0.25, -0.2) is 0 Å². The van der Waals surface area contributed by atoms with E-state index in [1.807, 2.05) is 72.8 Å². The molecule has 3 aromatic rings. The first-order valence-corrected chi connectivity index (χ1v) is 9.08. The zero-order valence-corrected chi connectivity index (χ0v) is 15.3. The minimum Gasteiger partial charge on any atom is -0.490 e. The molecule has 2 aliphatic rings. The van der Waals surface area contributed by atoms with Crippen molar-refractivity contribution in [1.29, 1.82) is 0 Å². The van der Waals surface area contributed by atoms with E-state index in [0.717, 1.165) is 23.0 Å². The van der Waals surface area contributed by atoms with Gasteiger partial charge in [-0.15, -0.1) is 0 Å². The van der Waals surface area contributed by atoms with E-state index in [9.17, 15) is 0 Å². The maximum Gasteiger partial charge on any atom is 0.122 e. The smallest absolute Gasteiger partial charge is 0.122 e. The lowest BCUT2D eigenvalue weighted by Crippen LogP contribution is -2.10. The molecule has 0 saturated carbocycles. The van der Waals surface area contributed by atoms with Crippen molar-refractivity contribution >= 4 is 11.4 Å². The number of hydrogen-bond acceptors (Lipinski definition) is 6. The number of rotatable bonds is 0. The van der Waals surface area contributed by atoms with Crippen LogP contribution in [0, 0.1) is 0 Å². The Morgan fingerprint density at radius 1 is 0.464 bits per heavy atom. The Labute approximate surface area is 163 Å². The molecule has 3 aromatic carbocycles. The SMILES string of the molecule is c1cc2cc(c1)OCCOc1ccc(cc1)OCCOc1cccc(c1)N=N2. The highest BCUT2D eigenvalue weighted by molar-refractivity contribution is 5.46. The molecule has 28 heavy (non-hydrogen) atoms. The van der Waals surface area contributed by atoms with E-state index in [4.69, 9.17) is 18.9 Å². The van der Waals surface area contributed by atoms with Crippen molar-refractivity contribution in [1.82, 2.24) is 0 Å². The van der Waals surface area contributed by atoms with Crippen molar-refractivity contribution in [2.75, 3.05) is 26.4 Å². The molecule has 0 atom stereocenters. The highest BCUT2D eigenvalue weighted by atomic mass is 16.5. The Morgan fingerprint density at radius 3 is 1.29 bits per heavy atom. The standard InChI is InChI=1S/C22H20N2O4/c1-3-17-15-21(5-1)27-13-11-25-19-7-9-20(10-8-19)26-12-14-28-22-6-2-4-18(16-22)24-23-17/h1-10,15-16H,11-14H2. The van der Waals surface area contributed by atoms with Gasteiger partial charge >= 0.3 is 0 Å². The van der Waals surface area contributed by atoms with Crippen molar-refractivity contribution in [3.05, 3.63) is 72.8 Å². The van der Waals surface area contributed by atoms with E-state index in [1.54, 1.807) is 0 Å². The Bertz CT molecular complexity index is 865. The third-order valence-electron chi connectivity index (χ3n) is 3.98. The normalized spacial score (nSPS) is 14.1. The summed E-state index contributed by atoms with van der Waals surface area (Å²) in [5.41, 5.74) is 1.42. The lowest BCUT2D eigenvalue weighted by atomic mass is 10.3. The number of nitrogens with zero attached hydrogens (tertiary/aromatic N) is 2. The van der Waals surface area contributed by atoms with Crippen LogP contribution in [0.4, 0.5) is 11.4 Å². The van der Waals surface area contributed by atoms with Gasteiger partial charge in [0.25, 0.3) is 0 Å². The second-order valence-corrected chi connectivity index (χ2v) is 6.06. The van der Waals surface area contributed by atoms with Gasteiger partial charge in [0, 0.05) is 12.1 Å². The van der Waals surface area contributed by atoms with Gasteiger partial charge in [0.05, 0.1) is 11.4 Å². The fourth-order valence-electron chi connectivity index (χ4n) is 2.66. The molecule has 0 aliphatic carbocycles. The maximum absolute atomic E-state index is 5.74. The first kappa shape index (κ1) is 17.9. The van der Waals surface area contributed by atoms with Gasteiger partial charge in [-0.1, -0.05) is 12.1 Å². The van der Waals surface area contributed by atoms with Crippen LogP contribution in [0.15, 0.2) is 83.0 Å². The van der Waals surface area contributed by atoms with Crippen molar-refractivity contribution in [2.45, 2.75) is 0 Å². The van der Waals surface area contributed by atoms with E-state index in [0.29, 0.717) is 37.8 Å². The quantitative estimate of drug-likeness (QED) is 0.532. The lowest BCUT2D eigenvalue weighted by Gasteiger charge is -2.11. The minimum absolute atomic E-state index is 0.429. The number of hydrogen-bond donors (Lipinski definition) is 0. The van der Waals surface area contributed by atoms with Crippen LogP contribution in [-0.4, -0.2) is 26.4 Å². The van der Waals surface area contributed by atoms with Crippen LogP contribution in [0.2, 0.25) is 0 Å². The number of ether oxygens (including phenoxy) is 4. The highest BCUT2D eigenvalue weighted by Crippen LogP contribution is 2.25. The Morgan fingerprint density at radius 2 is 0.857 bits per heavy atom. The molecular weight excluding hydrogens is 356 g/mol. The molecule has 2 heterocycles. The maximum atomic E-state index is 5.74. The van der Waals surface area contributed by atoms with Crippen molar-refractivity contribution in [3.8, 4) is 23.0 Å². The Balaban J connectivity index is 1.54. The number of azo groups is 1. The number of benzene rings is 3. The summed E-state index contributed by atoms with van der Waals surface area (Å²) in [5.74, 6) is 2.97. The van der Waals surface area contributed by atoms with E-state index in [2.05, 4.69) is 10.2 Å². The van der Waals surface area contributed by atoms with E-state index in [-0.39, 0.29) is 0 Å². The van der Waals surface area contributed by atoms with Gasteiger partial charge in [0.15, 0.2) is 0 Å². The lowest BCUT2D eigenvalue weighted by molar-refractivity contribution is 0.213. The molecule has 6 heteroatoms. The molecule has 0 N–H and O–H groups in total. The number of fused-ring (bicyclic) bond motifs is 8. The third kappa shape index (κ3) is 5.01. The molecule has 6 bridgehead atoms. The van der Waals surface area contributed by atoms with Gasteiger partial charge in [-0.3, -0.25) is 0 Å². The minimum atomic E-state index is 0.429. The van der Waals surface area contributed by atoms with Crippen LogP contribution in [0.25, 0.3) is 0 Å². The van der Waals surface area contributed by atoms with E-state index in [1.165, 1.54) is 0 Å².